The van der Waals surface area contributed by atoms with E-state index in [0.29, 0.717) is 39.4 Å². The van der Waals surface area contributed by atoms with Gasteiger partial charge in [-0.2, -0.15) is 13.2 Å². The summed E-state index contributed by atoms with van der Waals surface area (Å²) in [4.78, 5) is 21.5. The number of piperidine rings is 1. The molecule has 2 aliphatic rings. The summed E-state index contributed by atoms with van der Waals surface area (Å²) in [5.74, 6) is -0.0317. The Morgan fingerprint density at radius 1 is 0.895 bits per heavy atom. The van der Waals surface area contributed by atoms with Crippen molar-refractivity contribution in [3.63, 3.8) is 0 Å². The Labute approximate surface area is 220 Å². The highest BCUT2D eigenvalue weighted by atomic mass is 19.4. The van der Waals surface area contributed by atoms with Gasteiger partial charge in [-0.15, -0.1) is 0 Å². The number of morpholine rings is 1. The number of hydrogen-bond acceptors (Lipinski definition) is 3. The number of carbonyl (C=O) groups is 1. The summed E-state index contributed by atoms with van der Waals surface area (Å²) >= 11 is 0. The molecule has 2 saturated heterocycles. The fourth-order valence-electron chi connectivity index (χ4n) is 5.11. The van der Waals surface area contributed by atoms with Crippen molar-refractivity contribution < 1.29 is 22.7 Å². The van der Waals surface area contributed by atoms with Gasteiger partial charge in [-0.05, 0) is 47.7 Å². The first-order valence-corrected chi connectivity index (χ1v) is 12.9. The molecule has 2 unspecified atom stereocenters. The second-order valence-electron chi connectivity index (χ2n) is 9.80. The number of urea groups is 1. The van der Waals surface area contributed by atoms with Crippen molar-refractivity contribution in [3.8, 4) is 11.1 Å². The maximum atomic E-state index is 13.3. The van der Waals surface area contributed by atoms with Gasteiger partial charge in [0.1, 0.15) is 0 Å². The van der Waals surface area contributed by atoms with Crippen molar-refractivity contribution in [2.45, 2.75) is 18.5 Å². The van der Waals surface area contributed by atoms with Crippen LogP contribution in [-0.2, 0) is 10.9 Å². The van der Waals surface area contributed by atoms with Gasteiger partial charge in [-0.3, -0.25) is 4.98 Å². The minimum Gasteiger partial charge on any atom is -0.378 e. The maximum Gasteiger partial charge on any atom is 0.416 e. The highest BCUT2D eigenvalue weighted by molar-refractivity contribution is 5.75. The van der Waals surface area contributed by atoms with E-state index in [1.807, 2.05) is 59.6 Å². The van der Waals surface area contributed by atoms with Crippen molar-refractivity contribution in [2.24, 2.45) is 5.92 Å². The van der Waals surface area contributed by atoms with Crippen LogP contribution in [0.2, 0.25) is 0 Å². The highest BCUT2D eigenvalue weighted by Gasteiger charge is 2.34. The molecule has 2 amide bonds. The van der Waals surface area contributed by atoms with E-state index >= 15 is 0 Å². The molecule has 2 aliphatic heterocycles. The largest absolute Gasteiger partial charge is 0.416 e. The lowest BCUT2D eigenvalue weighted by molar-refractivity contribution is -0.137. The van der Waals surface area contributed by atoms with E-state index < -0.39 is 11.7 Å². The Kier molecular flexibility index (Phi) is 7.79. The van der Waals surface area contributed by atoms with Gasteiger partial charge in [0.05, 0.1) is 24.5 Å². The number of nitrogens with zero attached hydrogens (tertiary/aromatic N) is 3. The molecule has 0 aliphatic carbocycles. The normalized spacial score (nSPS) is 20.6. The molecule has 5 nitrogen and oxygen atoms in total. The second kappa shape index (κ2) is 11.4. The molecule has 0 radical (unpaired) electrons. The van der Waals surface area contributed by atoms with Crippen LogP contribution in [0.1, 0.15) is 29.2 Å². The quantitative estimate of drug-likeness (QED) is 0.403. The van der Waals surface area contributed by atoms with Gasteiger partial charge in [-0.1, -0.05) is 54.6 Å². The van der Waals surface area contributed by atoms with Crippen molar-refractivity contribution >= 4 is 12.1 Å². The minimum atomic E-state index is -4.38. The molecule has 5 rings (SSSR count). The second-order valence-corrected chi connectivity index (χ2v) is 9.80. The number of hydrogen-bond donors (Lipinski definition) is 0. The van der Waals surface area contributed by atoms with Crippen molar-refractivity contribution in [2.75, 3.05) is 39.4 Å². The molecule has 2 aromatic carbocycles. The van der Waals surface area contributed by atoms with Crippen LogP contribution >= 0.6 is 0 Å². The first-order chi connectivity index (χ1) is 18.4. The number of rotatable bonds is 4. The zero-order chi connectivity index (χ0) is 26.5. The van der Waals surface area contributed by atoms with Crippen LogP contribution in [0.15, 0.2) is 79.0 Å². The number of carbonyl (C=O) groups excluding carboxylic acids is 1. The maximum absolute atomic E-state index is 13.3. The van der Waals surface area contributed by atoms with Crippen LogP contribution in [-0.4, -0.2) is 60.2 Å². The number of alkyl halides is 3. The van der Waals surface area contributed by atoms with Gasteiger partial charge in [0.2, 0.25) is 0 Å². The van der Waals surface area contributed by atoms with Gasteiger partial charge >= 0.3 is 12.2 Å². The number of pyridine rings is 1. The van der Waals surface area contributed by atoms with Gasteiger partial charge < -0.3 is 14.5 Å². The summed E-state index contributed by atoms with van der Waals surface area (Å²) in [5.41, 5.74) is 3.08. The third-order valence-electron chi connectivity index (χ3n) is 7.18. The van der Waals surface area contributed by atoms with Crippen LogP contribution in [0, 0.1) is 5.92 Å². The lowest BCUT2D eigenvalue weighted by Gasteiger charge is -2.40. The van der Waals surface area contributed by atoms with Crippen molar-refractivity contribution in [1.82, 2.24) is 14.8 Å². The zero-order valence-electron chi connectivity index (χ0n) is 21.0. The lowest BCUT2D eigenvalue weighted by atomic mass is 9.84. The Bertz CT molecular complexity index is 1240. The first-order valence-electron chi connectivity index (χ1n) is 12.9. The minimum absolute atomic E-state index is 0.0385. The Morgan fingerprint density at radius 2 is 1.63 bits per heavy atom. The van der Waals surface area contributed by atoms with Crippen LogP contribution in [0.3, 0.4) is 0 Å². The van der Waals surface area contributed by atoms with Gasteiger partial charge in [0.15, 0.2) is 0 Å². The third-order valence-corrected chi connectivity index (χ3v) is 7.18. The predicted octanol–water partition coefficient (Wildman–Crippen LogP) is 6.34. The smallest absolute Gasteiger partial charge is 0.378 e. The van der Waals surface area contributed by atoms with Crippen LogP contribution in [0.5, 0.6) is 0 Å². The van der Waals surface area contributed by atoms with E-state index in [1.54, 1.807) is 17.0 Å². The van der Waals surface area contributed by atoms with E-state index in [2.05, 4.69) is 11.1 Å². The van der Waals surface area contributed by atoms with E-state index in [9.17, 15) is 18.0 Å². The summed E-state index contributed by atoms with van der Waals surface area (Å²) in [6.07, 6.45) is 2.23. The molecule has 0 N–H and O–H groups in total. The number of ether oxygens (including phenoxy) is 1. The predicted molar refractivity (Wildman–Crippen MR) is 140 cm³/mol. The lowest BCUT2D eigenvalue weighted by Crippen LogP contribution is -2.52. The summed E-state index contributed by atoms with van der Waals surface area (Å²) in [7, 11) is 0. The summed E-state index contributed by atoms with van der Waals surface area (Å²) in [5, 5.41) is 0. The van der Waals surface area contributed by atoms with Gasteiger partial charge in [-0.25, -0.2) is 4.79 Å². The fraction of sp³-hybridized carbons (Fsp3) is 0.333. The molecule has 3 aromatic rings. The molecular weight excluding hydrogens is 491 g/mol. The zero-order valence-corrected chi connectivity index (χ0v) is 21.0. The number of aromatic nitrogens is 1. The molecule has 2 atom stereocenters. The SMILES string of the molecule is O=C(N1CCOCC1)N1CC(/C=C/c2ccc(-c3ccccc3)cn2)CC(c2ccc(C(F)(F)F)cc2)C1. The number of likely N-dealkylation sites (tertiary alicyclic amines) is 1. The molecule has 0 spiro atoms. The number of amides is 2. The molecular formula is C30H30F3N3O2. The van der Waals surface area contributed by atoms with E-state index in [0.717, 1.165) is 40.9 Å². The highest BCUT2D eigenvalue weighted by Crippen LogP contribution is 2.35. The molecule has 2 fully saturated rings. The van der Waals surface area contributed by atoms with Crippen LogP contribution in [0.25, 0.3) is 17.2 Å². The molecule has 1 aromatic heterocycles. The molecule has 8 heteroatoms. The van der Waals surface area contributed by atoms with Gasteiger partial charge in [0.25, 0.3) is 0 Å². The monoisotopic (exact) mass is 521 g/mol. The summed E-state index contributed by atoms with van der Waals surface area (Å²) in [6.45, 7) is 3.12. The molecule has 198 valence electrons. The third kappa shape index (κ3) is 6.25. The van der Waals surface area contributed by atoms with Crippen molar-refractivity contribution in [1.29, 1.82) is 0 Å². The Morgan fingerprint density at radius 3 is 2.29 bits per heavy atom. The molecule has 0 bridgehead atoms. The van der Waals surface area contributed by atoms with Crippen molar-refractivity contribution in [3.05, 3.63) is 95.8 Å². The Balaban J connectivity index is 1.34. The Hall–Kier alpha value is -3.65. The topological polar surface area (TPSA) is 45.7 Å². The first kappa shape index (κ1) is 26.0. The van der Waals surface area contributed by atoms with Crippen LogP contribution in [0.4, 0.5) is 18.0 Å². The fourth-order valence-corrected chi connectivity index (χ4v) is 5.11. The molecule has 38 heavy (non-hydrogen) atoms. The number of halogens is 3. The summed E-state index contributed by atoms with van der Waals surface area (Å²) < 4.78 is 44.7. The molecule has 0 saturated carbocycles. The van der Waals surface area contributed by atoms with Crippen LogP contribution < -0.4 is 0 Å². The van der Waals surface area contributed by atoms with Gasteiger partial charge in [0, 0.05) is 43.9 Å². The average molecular weight is 522 g/mol. The van der Waals surface area contributed by atoms with E-state index in [-0.39, 0.29) is 17.9 Å². The van der Waals surface area contributed by atoms with E-state index in [1.165, 1.54) is 0 Å². The van der Waals surface area contributed by atoms with E-state index in [4.69, 9.17) is 4.74 Å². The summed E-state index contributed by atoms with van der Waals surface area (Å²) in [6, 6.07) is 19.3. The molecule has 3 heterocycles. The standard InChI is InChI=1S/C30H30F3N3O2/c31-30(32,33)27-10-7-24(8-11-27)26-18-22(20-36(21-26)29(37)35-14-16-38-17-15-35)6-12-28-13-9-25(19-34-28)23-4-2-1-3-5-23/h1-13,19,22,26H,14-18,20-21H2/b12-6+. The average Bonchev–Trinajstić information content (AvgIpc) is 2.96. The number of benzene rings is 2.